The summed E-state index contributed by atoms with van der Waals surface area (Å²) < 4.78 is 0.846. The Morgan fingerprint density at radius 3 is 2.29 bits per heavy atom. The number of carbonyl (C=O) groups excluding carboxylic acids is 3. The molecule has 0 aliphatic carbocycles. The highest BCUT2D eigenvalue weighted by Gasteiger charge is 2.70. The zero-order valence-electron chi connectivity index (χ0n) is 23.1. The molecule has 0 saturated carbocycles. The number of nitrogens with zero attached hydrogens (tertiary/aromatic N) is 1. The van der Waals surface area contributed by atoms with E-state index in [0.29, 0.717) is 16.8 Å². The van der Waals surface area contributed by atoms with Crippen LogP contribution >= 0.6 is 15.9 Å². The Labute approximate surface area is 253 Å². The Morgan fingerprint density at radius 1 is 0.857 bits per heavy atom. The Balaban J connectivity index is 1.49. The number of amides is 1. The van der Waals surface area contributed by atoms with Gasteiger partial charge in [0.2, 0.25) is 5.91 Å². The number of hydrogen-bond acceptors (Lipinski definition) is 4. The third-order valence-corrected chi connectivity index (χ3v) is 9.53. The van der Waals surface area contributed by atoms with E-state index in [-0.39, 0.29) is 17.5 Å². The van der Waals surface area contributed by atoms with Crippen molar-refractivity contribution < 1.29 is 14.4 Å². The summed E-state index contributed by atoms with van der Waals surface area (Å²) in [6, 6.07) is 28.9. The first-order valence-electron chi connectivity index (χ1n) is 14.3. The van der Waals surface area contributed by atoms with Crippen LogP contribution in [0.4, 0.5) is 11.4 Å². The van der Waals surface area contributed by atoms with E-state index >= 15 is 0 Å². The highest BCUT2D eigenvalue weighted by atomic mass is 79.9. The third-order valence-electron chi connectivity index (χ3n) is 9.00. The molecular formula is C36H29BrN2O3. The maximum atomic E-state index is 14.8. The lowest BCUT2D eigenvalue weighted by atomic mass is 9.64. The van der Waals surface area contributed by atoms with Gasteiger partial charge in [-0.2, -0.15) is 0 Å². The van der Waals surface area contributed by atoms with Crippen LogP contribution in [0, 0.1) is 5.92 Å². The molecule has 1 amide bonds. The van der Waals surface area contributed by atoms with Crippen LogP contribution in [0.2, 0.25) is 0 Å². The molecule has 4 atom stereocenters. The molecule has 1 fully saturated rings. The number of fused-ring (bicyclic) bond motifs is 6. The minimum absolute atomic E-state index is 0.169. The number of ketones is 2. The average Bonchev–Trinajstić information content (AvgIpc) is 3.50. The Morgan fingerprint density at radius 2 is 1.52 bits per heavy atom. The molecule has 0 radical (unpaired) electrons. The van der Waals surface area contributed by atoms with Gasteiger partial charge < -0.3 is 10.2 Å². The molecule has 0 aromatic heterocycles. The zero-order chi connectivity index (χ0) is 29.0. The molecule has 1 saturated heterocycles. The molecule has 1 N–H and O–H groups in total. The summed E-state index contributed by atoms with van der Waals surface area (Å²) in [5.74, 6) is -1.63. The van der Waals surface area contributed by atoms with Crippen molar-refractivity contribution >= 4 is 50.9 Å². The lowest BCUT2D eigenvalue weighted by Gasteiger charge is -2.37. The van der Waals surface area contributed by atoms with Crippen molar-refractivity contribution in [3.05, 3.63) is 135 Å². The van der Waals surface area contributed by atoms with Crippen molar-refractivity contribution in [1.82, 2.24) is 0 Å². The zero-order valence-corrected chi connectivity index (χ0v) is 24.7. The van der Waals surface area contributed by atoms with Crippen molar-refractivity contribution in [3.8, 4) is 0 Å². The van der Waals surface area contributed by atoms with E-state index < -0.39 is 23.4 Å². The molecular weight excluding hydrogens is 588 g/mol. The van der Waals surface area contributed by atoms with Crippen LogP contribution in [-0.2, 0) is 16.6 Å². The summed E-state index contributed by atoms with van der Waals surface area (Å²) in [6.07, 6.45) is 5.95. The van der Waals surface area contributed by atoms with Crippen molar-refractivity contribution in [2.24, 2.45) is 5.92 Å². The number of halogens is 1. The van der Waals surface area contributed by atoms with E-state index in [1.165, 1.54) is 0 Å². The van der Waals surface area contributed by atoms with Gasteiger partial charge in [0.05, 0.1) is 12.0 Å². The van der Waals surface area contributed by atoms with Gasteiger partial charge in [0.25, 0.3) is 0 Å². The highest BCUT2D eigenvalue weighted by molar-refractivity contribution is 9.10. The molecule has 5 nitrogen and oxygen atoms in total. The van der Waals surface area contributed by atoms with Crippen LogP contribution in [0.3, 0.4) is 0 Å². The minimum Gasteiger partial charge on any atom is -0.352 e. The van der Waals surface area contributed by atoms with Crippen molar-refractivity contribution in [2.75, 3.05) is 10.2 Å². The first-order chi connectivity index (χ1) is 20.4. The first-order valence-corrected chi connectivity index (χ1v) is 15.1. The van der Waals surface area contributed by atoms with Gasteiger partial charge in [0.1, 0.15) is 11.5 Å². The summed E-state index contributed by atoms with van der Waals surface area (Å²) in [5, 5.41) is 3.08. The van der Waals surface area contributed by atoms with Crippen LogP contribution in [-0.4, -0.2) is 29.6 Å². The summed E-state index contributed by atoms with van der Waals surface area (Å²) in [4.78, 5) is 46.0. The normalized spacial score (nSPS) is 23.3. The maximum Gasteiger partial charge on any atom is 0.238 e. The average molecular weight is 618 g/mol. The molecule has 3 aliphatic rings. The fraction of sp³-hybridized carbons (Fsp3) is 0.194. The second-order valence-electron chi connectivity index (χ2n) is 11.2. The Bertz CT molecular complexity index is 1760. The molecule has 0 bridgehead atoms. The number of anilines is 2. The molecule has 7 rings (SSSR count). The van der Waals surface area contributed by atoms with E-state index in [4.69, 9.17) is 0 Å². The maximum absolute atomic E-state index is 14.8. The van der Waals surface area contributed by atoms with E-state index in [9.17, 15) is 14.4 Å². The fourth-order valence-corrected chi connectivity index (χ4v) is 7.47. The van der Waals surface area contributed by atoms with Gasteiger partial charge >= 0.3 is 0 Å². The van der Waals surface area contributed by atoms with Crippen molar-refractivity contribution in [3.63, 3.8) is 0 Å². The van der Waals surface area contributed by atoms with Crippen LogP contribution in [0.25, 0.3) is 6.08 Å². The number of rotatable bonds is 6. The molecule has 4 aromatic carbocycles. The number of aryl methyl sites for hydroxylation is 1. The third kappa shape index (κ3) is 3.85. The number of Topliss-reactive ketones (excluding diaryl/α,β-unsaturated/α-hetero) is 2. The monoisotopic (exact) mass is 616 g/mol. The molecule has 6 heteroatoms. The molecule has 1 spiro atoms. The highest BCUT2D eigenvalue weighted by Crippen LogP contribution is 2.58. The van der Waals surface area contributed by atoms with Gasteiger partial charge in [0, 0.05) is 27.0 Å². The SMILES string of the molecule is CCCc1ccc(C(=O)[C@@H]2[C@H](C(=O)c3ccc(Br)cc3)[C@]3(C(=O)Nc4ccccc43)[C@@H]3C=Cc4ccccc4N23)cc1. The number of nitrogens with one attached hydrogen (secondary N) is 1. The lowest BCUT2D eigenvalue weighted by molar-refractivity contribution is -0.121. The van der Waals surface area contributed by atoms with Crippen molar-refractivity contribution in [2.45, 2.75) is 37.3 Å². The second-order valence-corrected chi connectivity index (χ2v) is 12.2. The summed E-state index contributed by atoms with van der Waals surface area (Å²) in [7, 11) is 0. The quantitative estimate of drug-likeness (QED) is 0.232. The first kappa shape index (κ1) is 26.6. The predicted molar refractivity (Wildman–Crippen MR) is 169 cm³/mol. The topological polar surface area (TPSA) is 66.5 Å². The smallest absolute Gasteiger partial charge is 0.238 e. The van der Waals surface area contributed by atoms with E-state index in [2.05, 4.69) is 28.2 Å². The Kier molecular flexibility index (Phi) is 6.47. The van der Waals surface area contributed by atoms with E-state index in [0.717, 1.165) is 39.7 Å². The van der Waals surface area contributed by atoms with Gasteiger partial charge in [-0.25, -0.2) is 0 Å². The summed E-state index contributed by atoms with van der Waals surface area (Å²) in [6.45, 7) is 2.13. The standard InChI is InChI=1S/C36H29BrN2O3/c1-2-7-22-12-14-25(15-13-22)34(41)32-31(33(40)24-16-19-26(37)20-17-24)36(27-9-4-5-10-28(27)38-35(36)42)30-21-18-23-8-3-6-11-29(23)39(30)32/h3-6,8-21,30-32H,2,7H2,1H3,(H,38,42)/t30-,31+,32-,36+/m0/s1. The number of benzene rings is 4. The lowest BCUT2D eigenvalue weighted by Crippen LogP contribution is -2.51. The Hall–Kier alpha value is -4.29. The van der Waals surface area contributed by atoms with E-state index in [1.54, 1.807) is 12.1 Å². The summed E-state index contributed by atoms with van der Waals surface area (Å²) >= 11 is 3.47. The van der Waals surface area contributed by atoms with Gasteiger partial charge in [-0.05, 0) is 47.4 Å². The number of hydrogen-bond donors (Lipinski definition) is 1. The molecule has 3 heterocycles. The second kappa shape index (κ2) is 10.2. The van der Waals surface area contributed by atoms with Gasteiger partial charge in [0.15, 0.2) is 11.6 Å². The molecule has 3 aliphatic heterocycles. The summed E-state index contributed by atoms with van der Waals surface area (Å²) in [5.41, 5.74) is 4.06. The molecule has 42 heavy (non-hydrogen) atoms. The minimum atomic E-state index is -1.31. The van der Waals surface area contributed by atoms with Crippen LogP contribution in [0.5, 0.6) is 0 Å². The van der Waals surface area contributed by atoms with Crippen LogP contribution in [0.1, 0.15) is 50.8 Å². The molecule has 208 valence electrons. The molecule has 4 aromatic rings. The van der Waals surface area contributed by atoms with Crippen LogP contribution < -0.4 is 10.2 Å². The van der Waals surface area contributed by atoms with Gasteiger partial charge in [-0.15, -0.1) is 0 Å². The largest absolute Gasteiger partial charge is 0.352 e. The van der Waals surface area contributed by atoms with Crippen LogP contribution in [0.15, 0.2) is 108 Å². The fourth-order valence-electron chi connectivity index (χ4n) is 7.21. The van der Waals surface area contributed by atoms with Crippen molar-refractivity contribution in [1.29, 1.82) is 0 Å². The van der Waals surface area contributed by atoms with Gasteiger partial charge in [-0.3, -0.25) is 14.4 Å². The molecule has 0 unspecified atom stereocenters. The van der Waals surface area contributed by atoms with Gasteiger partial charge in [-0.1, -0.05) is 114 Å². The number of carbonyl (C=O) groups is 3. The number of para-hydroxylation sites is 2. The predicted octanol–water partition coefficient (Wildman–Crippen LogP) is 7.26. The van der Waals surface area contributed by atoms with E-state index in [1.807, 2.05) is 102 Å².